The van der Waals surface area contributed by atoms with Crippen LogP contribution in [0.2, 0.25) is 0 Å². The first-order valence-corrected chi connectivity index (χ1v) is 6.56. The normalized spacial score (nSPS) is 16.3. The van der Waals surface area contributed by atoms with Gasteiger partial charge >= 0.3 is 0 Å². The summed E-state index contributed by atoms with van der Waals surface area (Å²) in [4.78, 5) is 2.55. The summed E-state index contributed by atoms with van der Waals surface area (Å²) in [6.45, 7) is 4.31. The first-order chi connectivity index (χ1) is 8.33. The van der Waals surface area contributed by atoms with Crippen LogP contribution in [-0.4, -0.2) is 17.5 Å². The zero-order valence-electron chi connectivity index (χ0n) is 10.5. The van der Waals surface area contributed by atoms with Crippen molar-refractivity contribution < 1.29 is 0 Å². The minimum Gasteiger partial charge on any atom is -0.296 e. The number of nitrogens with zero attached hydrogens (tertiary/aromatic N) is 2. The average Bonchev–Trinajstić information content (AvgIpc) is 2.90. The predicted molar refractivity (Wildman–Crippen MR) is 69.5 cm³/mol. The number of hydrogen-bond donors (Lipinski definition) is 0. The van der Waals surface area contributed by atoms with Gasteiger partial charge in [0.2, 0.25) is 0 Å². The van der Waals surface area contributed by atoms with Crippen LogP contribution in [0, 0.1) is 11.3 Å². The van der Waals surface area contributed by atoms with Crippen LogP contribution in [0.25, 0.3) is 0 Å². The van der Waals surface area contributed by atoms with E-state index in [0.29, 0.717) is 0 Å². The summed E-state index contributed by atoms with van der Waals surface area (Å²) in [6.07, 6.45) is 5.43. The summed E-state index contributed by atoms with van der Waals surface area (Å²) < 4.78 is 0. The first-order valence-electron chi connectivity index (χ1n) is 6.56. The molecule has 0 radical (unpaired) electrons. The van der Waals surface area contributed by atoms with Crippen LogP contribution in [0.4, 0.5) is 0 Å². The van der Waals surface area contributed by atoms with E-state index in [1.807, 2.05) is 18.2 Å². The van der Waals surface area contributed by atoms with Gasteiger partial charge in [0.25, 0.3) is 0 Å². The monoisotopic (exact) mass is 228 g/mol. The molecule has 0 N–H and O–H groups in total. The fourth-order valence-electron chi connectivity index (χ4n) is 2.74. The molecule has 0 amide bonds. The summed E-state index contributed by atoms with van der Waals surface area (Å²) in [5.41, 5.74) is 2.03. The van der Waals surface area contributed by atoms with Gasteiger partial charge in [0.1, 0.15) is 0 Å². The fraction of sp³-hybridized carbons (Fsp3) is 0.533. The van der Waals surface area contributed by atoms with Gasteiger partial charge in [-0.15, -0.1) is 0 Å². The Bertz CT molecular complexity index is 400. The standard InChI is InChI=1S/C15H20N2/c1-2-17(15-8-3-4-9-15)12-14-7-5-6-13(10-14)11-16/h5-7,10,15H,2-4,8-9,12H2,1H3. The molecule has 0 atom stereocenters. The molecule has 0 unspecified atom stereocenters. The molecule has 0 aliphatic heterocycles. The summed E-state index contributed by atoms with van der Waals surface area (Å²) in [5.74, 6) is 0. The minimum absolute atomic E-state index is 0.755. The van der Waals surface area contributed by atoms with Gasteiger partial charge in [-0.05, 0) is 37.1 Å². The second-order valence-corrected chi connectivity index (χ2v) is 4.81. The molecule has 2 nitrogen and oxygen atoms in total. The Morgan fingerprint density at radius 2 is 2.12 bits per heavy atom. The van der Waals surface area contributed by atoms with Crippen LogP contribution >= 0.6 is 0 Å². The molecule has 1 fully saturated rings. The molecule has 1 aromatic rings. The van der Waals surface area contributed by atoms with Crippen molar-refractivity contribution in [2.75, 3.05) is 6.54 Å². The van der Waals surface area contributed by atoms with Crippen molar-refractivity contribution in [1.29, 1.82) is 5.26 Å². The highest BCUT2D eigenvalue weighted by molar-refractivity contribution is 5.32. The van der Waals surface area contributed by atoms with Gasteiger partial charge in [0, 0.05) is 12.6 Å². The molecular formula is C15H20N2. The second kappa shape index (κ2) is 5.84. The molecule has 0 bridgehead atoms. The maximum absolute atomic E-state index is 8.90. The van der Waals surface area contributed by atoms with Crippen molar-refractivity contribution in [2.45, 2.75) is 45.2 Å². The van der Waals surface area contributed by atoms with Crippen molar-refractivity contribution in [3.63, 3.8) is 0 Å². The molecular weight excluding hydrogens is 208 g/mol. The molecule has 2 rings (SSSR count). The maximum Gasteiger partial charge on any atom is 0.0991 e. The Morgan fingerprint density at radius 3 is 2.76 bits per heavy atom. The Labute approximate surface area is 104 Å². The topological polar surface area (TPSA) is 27.0 Å². The van der Waals surface area contributed by atoms with Gasteiger partial charge in [-0.25, -0.2) is 0 Å². The third kappa shape index (κ3) is 3.08. The van der Waals surface area contributed by atoms with Crippen LogP contribution in [0.15, 0.2) is 24.3 Å². The fourth-order valence-corrected chi connectivity index (χ4v) is 2.74. The largest absolute Gasteiger partial charge is 0.296 e. The Morgan fingerprint density at radius 1 is 1.35 bits per heavy atom. The highest BCUT2D eigenvalue weighted by Gasteiger charge is 2.21. The lowest BCUT2D eigenvalue weighted by atomic mass is 10.1. The van der Waals surface area contributed by atoms with Crippen molar-refractivity contribution in [3.05, 3.63) is 35.4 Å². The zero-order valence-corrected chi connectivity index (χ0v) is 10.5. The Balaban J connectivity index is 2.04. The Kier molecular flexibility index (Phi) is 4.17. The van der Waals surface area contributed by atoms with Gasteiger partial charge in [-0.1, -0.05) is 31.9 Å². The molecule has 0 saturated heterocycles. The molecule has 1 aliphatic carbocycles. The molecule has 90 valence electrons. The van der Waals surface area contributed by atoms with Gasteiger partial charge in [0.05, 0.1) is 11.6 Å². The van der Waals surface area contributed by atoms with E-state index < -0.39 is 0 Å². The summed E-state index contributed by atoms with van der Waals surface area (Å²) >= 11 is 0. The second-order valence-electron chi connectivity index (χ2n) is 4.81. The lowest BCUT2D eigenvalue weighted by Gasteiger charge is -2.27. The van der Waals surface area contributed by atoms with E-state index >= 15 is 0 Å². The van der Waals surface area contributed by atoms with Crippen LogP contribution in [0.1, 0.15) is 43.7 Å². The number of rotatable bonds is 4. The SMILES string of the molecule is CCN(Cc1cccc(C#N)c1)C1CCCC1. The highest BCUT2D eigenvalue weighted by Crippen LogP contribution is 2.24. The van der Waals surface area contributed by atoms with Crippen LogP contribution < -0.4 is 0 Å². The van der Waals surface area contributed by atoms with Crippen molar-refractivity contribution >= 4 is 0 Å². The van der Waals surface area contributed by atoms with Gasteiger partial charge in [-0.2, -0.15) is 5.26 Å². The molecule has 17 heavy (non-hydrogen) atoms. The molecule has 1 aliphatic rings. The summed E-state index contributed by atoms with van der Waals surface area (Å²) in [6, 6.07) is 11.0. The number of hydrogen-bond acceptors (Lipinski definition) is 2. The average molecular weight is 228 g/mol. The van der Waals surface area contributed by atoms with E-state index in [1.165, 1.54) is 31.2 Å². The highest BCUT2D eigenvalue weighted by atomic mass is 15.1. The number of benzene rings is 1. The Hall–Kier alpha value is -1.33. The lowest BCUT2D eigenvalue weighted by molar-refractivity contribution is 0.200. The van der Waals surface area contributed by atoms with Crippen molar-refractivity contribution in [1.82, 2.24) is 4.90 Å². The minimum atomic E-state index is 0.755. The first kappa shape index (κ1) is 12.1. The lowest BCUT2D eigenvalue weighted by Crippen LogP contribution is -2.32. The molecule has 2 heteroatoms. The van der Waals surface area contributed by atoms with Gasteiger partial charge in [-0.3, -0.25) is 4.90 Å². The third-order valence-electron chi connectivity index (χ3n) is 3.69. The van der Waals surface area contributed by atoms with Crippen LogP contribution in [-0.2, 0) is 6.54 Å². The van der Waals surface area contributed by atoms with E-state index in [9.17, 15) is 0 Å². The van der Waals surface area contributed by atoms with Crippen LogP contribution in [0.5, 0.6) is 0 Å². The van der Waals surface area contributed by atoms with Crippen molar-refractivity contribution in [2.24, 2.45) is 0 Å². The van der Waals surface area contributed by atoms with E-state index in [1.54, 1.807) is 0 Å². The van der Waals surface area contributed by atoms with Crippen molar-refractivity contribution in [3.8, 4) is 6.07 Å². The van der Waals surface area contributed by atoms with E-state index in [-0.39, 0.29) is 0 Å². The van der Waals surface area contributed by atoms with Gasteiger partial charge in [0.15, 0.2) is 0 Å². The van der Waals surface area contributed by atoms with E-state index in [0.717, 1.165) is 24.7 Å². The predicted octanol–water partition coefficient (Wildman–Crippen LogP) is 3.32. The van der Waals surface area contributed by atoms with Crippen LogP contribution in [0.3, 0.4) is 0 Å². The maximum atomic E-state index is 8.90. The molecule has 1 saturated carbocycles. The quantitative estimate of drug-likeness (QED) is 0.790. The van der Waals surface area contributed by atoms with Gasteiger partial charge < -0.3 is 0 Å². The number of nitriles is 1. The zero-order chi connectivity index (χ0) is 12.1. The van der Waals surface area contributed by atoms with E-state index in [4.69, 9.17) is 5.26 Å². The molecule has 0 heterocycles. The molecule has 1 aromatic carbocycles. The summed E-state index contributed by atoms with van der Waals surface area (Å²) in [5, 5.41) is 8.90. The third-order valence-corrected chi connectivity index (χ3v) is 3.69. The van der Waals surface area contributed by atoms with E-state index in [2.05, 4.69) is 24.0 Å². The molecule has 0 spiro atoms. The smallest absolute Gasteiger partial charge is 0.0991 e. The molecule has 0 aromatic heterocycles. The summed E-state index contributed by atoms with van der Waals surface area (Å²) in [7, 11) is 0.